The minimum atomic E-state index is -0.534. The summed E-state index contributed by atoms with van der Waals surface area (Å²) in [6.07, 6.45) is 1.58. The van der Waals surface area contributed by atoms with E-state index in [1.165, 1.54) is 25.3 Å². The number of nitrogens with zero attached hydrogens (tertiary/aromatic N) is 2. The van der Waals surface area contributed by atoms with Gasteiger partial charge in [0.25, 0.3) is 16.8 Å². The van der Waals surface area contributed by atoms with Crippen molar-refractivity contribution >= 4 is 34.7 Å². The molecule has 2 amide bonds. The van der Waals surface area contributed by atoms with Gasteiger partial charge in [0, 0.05) is 11.6 Å². The van der Waals surface area contributed by atoms with Crippen LogP contribution in [0.3, 0.4) is 0 Å². The van der Waals surface area contributed by atoms with Crippen molar-refractivity contribution in [2.75, 3.05) is 20.3 Å². The van der Waals surface area contributed by atoms with Gasteiger partial charge in [0.05, 0.1) is 23.5 Å². The van der Waals surface area contributed by atoms with E-state index in [0.717, 1.165) is 22.4 Å². The van der Waals surface area contributed by atoms with Gasteiger partial charge in [-0.3, -0.25) is 24.6 Å². The van der Waals surface area contributed by atoms with Crippen LogP contribution in [0.1, 0.15) is 11.1 Å². The maximum atomic E-state index is 12.9. The molecule has 0 unspecified atom stereocenters. The minimum Gasteiger partial charge on any atom is -0.493 e. The first-order chi connectivity index (χ1) is 17.5. The lowest BCUT2D eigenvalue weighted by molar-refractivity contribution is -0.385. The average Bonchev–Trinajstić information content (AvgIpc) is 3.15. The Bertz CT molecular complexity index is 1310. The Kier molecular flexibility index (Phi) is 7.86. The highest BCUT2D eigenvalue weighted by atomic mass is 32.2. The first-order valence-corrected chi connectivity index (χ1v) is 11.7. The third kappa shape index (κ3) is 5.84. The van der Waals surface area contributed by atoms with Crippen molar-refractivity contribution in [2.24, 2.45) is 0 Å². The normalized spacial score (nSPS) is 14.2. The fourth-order valence-corrected chi connectivity index (χ4v) is 4.34. The number of nitro benzene ring substituents is 1. The van der Waals surface area contributed by atoms with Crippen molar-refractivity contribution in [3.63, 3.8) is 0 Å². The summed E-state index contributed by atoms with van der Waals surface area (Å²) >= 11 is 0.783. The van der Waals surface area contributed by atoms with Gasteiger partial charge in [0.15, 0.2) is 11.5 Å². The number of ether oxygens (including phenoxy) is 3. The van der Waals surface area contributed by atoms with Gasteiger partial charge in [-0.05, 0) is 47.7 Å². The molecule has 4 rings (SSSR count). The van der Waals surface area contributed by atoms with Gasteiger partial charge >= 0.3 is 0 Å². The lowest BCUT2D eigenvalue weighted by Gasteiger charge is -2.13. The molecule has 3 aromatic rings. The number of rotatable bonds is 10. The quantitative estimate of drug-likeness (QED) is 0.158. The number of benzene rings is 3. The number of para-hydroxylation sites is 2. The van der Waals surface area contributed by atoms with Crippen molar-refractivity contribution in [1.29, 1.82) is 0 Å². The number of hydrogen-bond donors (Lipinski definition) is 0. The number of nitro groups is 1. The molecule has 0 saturated carbocycles. The molecule has 0 aromatic heterocycles. The lowest BCUT2D eigenvalue weighted by Crippen LogP contribution is -2.27. The van der Waals surface area contributed by atoms with Crippen LogP contribution in [-0.2, 0) is 11.3 Å². The lowest BCUT2D eigenvalue weighted by atomic mass is 10.1. The highest BCUT2D eigenvalue weighted by Crippen LogP contribution is 2.36. The molecule has 184 valence electrons. The summed E-state index contributed by atoms with van der Waals surface area (Å²) in [5.74, 6) is 1.21. The van der Waals surface area contributed by atoms with Gasteiger partial charge in [-0.15, -0.1) is 0 Å². The molecule has 1 aliphatic rings. The summed E-state index contributed by atoms with van der Waals surface area (Å²) in [6, 6.07) is 20.6. The second kappa shape index (κ2) is 11.4. The first-order valence-electron chi connectivity index (χ1n) is 10.9. The number of imide groups is 1. The molecule has 0 radical (unpaired) electrons. The summed E-state index contributed by atoms with van der Waals surface area (Å²) in [5, 5.41) is 10.8. The summed E-state index contributed by atoms with van der Waals surface area (Å²) in [4.78, 5) is 37.3. The minimum absolute atomic E-state index is 0.143. The monoisotopic (exact) mass is 506 g/mol. The van der Waals surface area contributed by atoms with Crippen LogP contribution >= 0.6 is 11.8 Å². The predicted octanol–water partition coefficient (Wildman–Crippen LogP) is 5.30. The zero-order chi connectivity index (χ0) is 25.5. The van der Waals surface area contributed by atoms with Crippen molar-refractivity contribution in [2.45, 2.75) is 6.54 Å². The van der Waals surface area contributed by atoms with Crippen molar-refractivity contribution < 1.29 is 28.7 Å². The maximum absolute atomic E-state index is 12.9. The standard InChI is InChI=1S/C26H22N2O7S/c1-33-23-15-18(11-12-22(23)35-14-13-34-20-8-3-2-4-9-20)16-24-25(29)27(26(30)36-24)17-19-7-5-6-10-21(19)28(31)32/h2-12,15-16H,13-14,17H2,1H3/b24-16-. The average molecular weight is 507 g/mol. The third-order valence-electron chi connectivity index (χ3n) is 5.23. The van der Waals surface area contributed by atoms with Gasteiger partial charge in [-0.25, -0.2) is 0 Å². The first kappa shape index (κ1) is 24.8. The Hall–Kier alpha value is -4.31. The van der Waals surface area contributed by atoms with E-state index in [1.54, 1.807) is 30.3 Å². The zero-order valence-electron chi connectivity index (χ0n) is 19.3. The molecule has 0 aliphatic carbocycles. The van der Waals surface area contributed by atoms with Crippen LogP contribution in [0.5, 0.6) is 17.2 Å². The number of hydrogen-bond acceptors (Lipinski definition) is 8. The van der Waals surface area contributed by atoms with E-state index in [4.69, 9.17) is 14.2 Å². The van der Waals surface area contributed by atoms with Crippen LogP contribution in [0.4, 0.5) is 10.5 Å². The van der Waals surface area contributed by atoms with E-state index < -0.39 is 16.1 Å². The summed E-state index contributed by atoms with van der Waals surface area (Å²) < 4.78 is 16.8. The number of amides is 2. The van der Waals surface area contributed by atoms with Crippen LogP contribution in [0.15, 0.2) is 77.7 Å². The Morgan fingerprint density at radius 1 is 0.944 bits per heavy atom. The van der Waals surface area contributed by atoms with Gasteiger partial charge in [-0.1, -0.05) is 42.5 Å². The molecule has 0 atom stereocenters. The van der Waals surface area contributed by atoms with Gasteiger partial charge in [0.2, 0.25) is 0 Å². The Morgan fingerprint density at radius 2 is 1.67 bits per heavy atom. The molecule has 0 bridgehead atoms. The van der Waals surface area contributed by atoms with Gasteiger partial charge in [-0.2, -0.15) is 0 Å². The molecule has 36 heavy (non-hydrogen) atoms. The van der Waals surface area contributed by atoms with E-state index >= 15 is 0 Å². The van der Waals surface area contributed by atoms with Gasteiger partial charge in [0.1, 0.15) is 19.0 Å². The zero-order valence-corrected chi connectivity index (χ0v) is 20.1. The summed E-state index contributed by atoms with van der Waals surface area (Å²) in [6.45, 7) is 0.469. The third-order valence-corrected chi connectivity index (χ3v) is 6.14. The SMILES string of the molecule is COc1cc(/C=C2\SC(=O)N(Cc3ccccc3[N+](=O)[O-])C2=O)ccc1OCCOc1ccccc1. The number of methoxy groups -OCH3 is 1. The molecule has 1 fully saturated rings. The predicted molar refractivity (Wildman–Crippen MR) is 135 cm³/mol. The fourth-order valence-electron chi connectivity index (χ4n) is 3.50. The molecule has 0 N–H and O–H groups in total. The molecule has 9 nitrogen and oxygen atoms in total. The summed E-state index contributed by atoms with van der Waals surface area (Å²) in [7, 11) is 1.51. The molecule has 1 saturated heterocycles. The Labute approximate surface area is 211 Å². The highest BCUT2D eigenvalue weighted by Gasteiger charge is 2.36. The fraction of sp³-hybridized carbons (Fsp3) is 0.154. The molecule has 1 heterocycles. The molecule has 3 aromatic carbocycles. The molecule has 0 spiro atoms. The largest absolute Gasteiger partial charge is 0.493 e. The summed E-state index contributed by atoms with van der Waals surface area (Å²) in [5.41, 5.74) is 0.774. The molecule has 1 aliphatic heterocycles. The topological polar surface area (TPSA) is 108 Å². The number of thioether (sulfide) groups is 1. The van der Waals surface area contributed by atoms with Crippen LogP contribution in [-0.4, -0.2) is 41.3 Å². The van der Waals surface area contributed by atoms with Crippen LogP contribution in [0.25, 0.3) is 6.08 Å². The van der Waals surface area contributed by atoms with E-state index in [1.807, 2.05) is 30.3 Å². The van der Waals surface area contributed by atoms with Crippen molar-refractivity contribution in [3.05, 3.63) is 98.9 Å². The van der Waals surface area contributed by atoms with Crippen LogP contribution in [0, 0.1) is 10.1 Å². The molecular weight excluding hydrogens is 484 g/mol. The van der Waals surface area contributed by atoms with Crippen LogP contribution in [0.2, 0.25) is 0 Å². The maximum Gasteiger partial charge on any atom is 0.293 e. The second-order valence-electron chi connectivity index (χ2n) is 7.57. The van der Waals surface area contributed by atoms with Gasteiger partial charge < -0.3 is 14.2 Å². The van der Waals surface area contributed by atoms with E-state index in [0.29, 0.717) is 30.3 Å². The molecule has 10 heteroatoms. The number of carbonyl (C=O) groups excluding carboxylic acids is 2. The van der Waals surface area contributed by atoms with E-state index in [2.05, 4.69) is 0 Å². The number of carbonyl (C=O) groups is 2. The van der Waals surface area contributed by atoms with Crippen molar-refractivity contribution in [3.8, 4) is 17.2 Å². The second-order valence-corrected chi connectivity index (χ2v) is 8.57. The van der Waals surface area contributed by atoms with Crippen LogP contribution < -0.4 is 14.2 Å². The van der Waals surface area contributed by atoms with E-state index in [-0.39, 0.29) is 22.7 Å². The Balaban J connectivity index is 1.42. The molecular formula is C26H22N2O7S. The smallest absolute Gasteiger partial charge is 0.293 e. The van der Waals surface area contributed by atoms with Crippen molar-refractivity contribution in [1.82, 2.24) is 4.90 Å². The Morgan fingerprint density at radius 3 is 2.42 bits per heavy atom. The highest BCUT2D eigenvalue weighted by molar-refractivity contribution is 8.18. The van der Waals surface area contributed by atoms with E-state index in [9.17, 15) is 19.7 Å².